The van der Waals surface area contributed by atoms with Crippen molar-refractivity contribution in [3.05, 3.63) is 36.6 Å². The third-order valence-corrected chi connectivity index (χ3v) is 3.88. The third kappa shape index (κ3) is 3.65. The van der Waals surface area contributed by atoms with Crippen LogP contribution in [0.15, 0.2) is 35.9 Å². The first-order valence-electron chi connectivity index (χ1n) is 5.21. The van der Waals surface area contributed by atoms with Crippen LogP contribution in [0, 0.1) is 0 Å². The number of rotatable bonds is 5. The second-order valence-electron chi connectivity index (χ2n) is 3.73. The molecule has 2 N–H and O–H groups in total. The third-order valence-electron chi connectivity index (χ3n) is 2.24. The Hall–Kier alpha value is -2.15. The first kappa shape index (κ1) is 14.9. The zero-order valence-corrected chi connectivity index (χ0v) is 11.1. The Balaban J connectivity index is 3.25. The van der Waals surface area contributed by atoms with Gasteiger partial charge in [-0.25, -0.2) is 8.42 Å². The highest BCUT2D eigenvalue weighted by Gasteiger charge is 2.24. The number of carbonyl (C=O) groups excluding carboxylic acids is 2. The predicted molar refractivity (Wildman–Crippen MR) is 69.2 cm³/mol. The van der Waals surface area contributed by atoms with Gasteiger partial charge in [-0.1, -0.05) is 6.58 Å². The van der Waals surface area contributed by atoms with Gasteiger partial charge in [0.25, 0.3) is 0 Å². The number of ether oxygens (including phenoxy) is 1. The molecule has 0 aromatic heterocycles. The van der Waals surface area contributed by atoms with Crippen LogP contribution < -0.4 is 5.73 Å². The molecule has 0 fully saturated rings. The van der Waals surface area contributed by atoms with Crippen LogP contribution in [0.25, 0.3) is 0 Å². The van der Waals surface area contributed by atoms with Gasteiger partial charge in [0, 0.05) is 11.3 Å². The Morgan fingerprint density at radius 3 is 2.58 bits per heavy atom. The number of hydrogen-bond donors (Lipinski definition) is 1. The Kier molecular flexibility index (Phi) is 4.44. The topological polar surface area (TPSA) is 104 Å². The smallest absolute Gasteiger partial charge is 0.326 e. The molecule has 102 valence electrons. The number of carbonyl (C=O) groups is 2. The fourth-order valence-electron chi connectivity index (χ4n) is 1.45. The van der Waals surface area contributed by atoms with Gasteiger partial charge in [0.2, 0.25) is 0 Å². The van der Waals surface area contributed by atoms with Crippen LogP contribution in [-0.4, -0.2) is 25.9 Å². The highest BCUT2D eigenvalue weighted by Crippen LogP contribution is 2.21. The number of esters is 1. The van der Waals surface area contributed by atoms with Crippen LogP contribution in [-0.2, 0) is 19.4 Å². The van der Waals surface area contributed by atoms with E-state index in [1.807, 2.05) is 0 Å². The number of hydrogen-bond acceptors (Lipinski definition) is 6. The summed E-state index contributed by atoms with van der Waals surface area (Å²) in [5, 5.41) is 0. The molecule has 0 saturated heterocycles. The molecule has 0 heterocycles. The summed E-state index contributed by atoms with van der Waals surface area (Å²) in [7, 11) is -3.97. The van der Waals surface area contributed by atoms with Crippen LogP contribution in [0.5, 0.6) is 0 Å². The standard InChI is InChI=1S/C12H13NO5S/c1-3-18-12(15)7-19(16,17)11-5-4-9(13)6-10(11)8(2)14/h3-6H,1,7,13H2,2H3. The number of anilines is 1. The second-order valence-corrected chi connectivity index (χ2v) is 5.69. The minimum absolute atomic E-state index is 0.0496. The van der Waals surface area contributed by atoms with Crippen molar-refractivity contribution in [2.75, 3.05) is 11.5 Å². The molecular formula is C12H13NO5S. The van der Waals surface area contributed by atoms with Gasteiger partial charge in [-0.15, -0.1) is 0 Å². The van der Waals surface area contributed by atoms with Crippen LogP contribution in [0.4, 0.5) is 5.69 Å². The predicted octanol–water partition coefficient (Wildman–Crippen LogP) is 0.932. The number of benzene rings is 1. The van der Waals surface area contributed by atoms with E-state index < -0.39 is 27.3 Å². The van der Waals surface area contributed by atoms with E-state index in [-0.39, 0.29) is 16.1 Å². The van der Waals surface area contributed by atoms with Gasteiger partial charge in [-0.05, 0) is 25.1 Å². The molecule has 1 aromatic carbocycles. The summed E-state index contributed by atoms with van der Waals surface area (Å²) >= 11 is 0. The van der Waals surface area contributed by atoms with E-state index in [0.29, 0.717) is 0 Å². The molecule has 19 heavy (non-hydrogen) atoms. The first-order chi connectivity index (χ1) is 8.77. The fourth-order valence-corrected chi connectivity index (χ4v) is 2.80. The van der Waals surface area contributed by atoms with Crippen molar-refractivity contribution < 1.29 is 22.7 Å². The number of Topliss-reactive ketones (excluding diaryl/α,β-unsaturated/α-hetero) is 1. The van der Waals surface area contributed by atoms with Crippen LogP contribution >= 0.6 is 0 Å². The maximum Gasteiger partial charge on any atom is 0.326 e. The Labute approximate surface area is 110 Å². The number of sulfone groups is 1. The van der Waals surface area contributed by atoms with E-state index in [2.05, 4.69) is 11.3 Å². The molecule has 0 amide bonds. The molecule has 7 heteroatoms. The van der Waals surface area contributed by atoms with E-state index >= 15 is 0 Å². The molecule has 0 saturated carbocycles. The fraction of sp³-hybridized carbons (Fsp3) is 0.167. The van der Waals surface area contributed by atoms with Crippen molar-refractivity contribution in [1.82, 2.24) is 0 Å². The van der Waals surface area contributed by atoms with E-state index in [1.165, 1.54) is 25.1 Å². The van der Waals surface area contributed by atoms with E-state index in [4.69, 9.17) is 5.73 Å². The van der Waals surface area contributed by atoms with Crippen LogP contribution in [0.3, 0.4) is 0 Å². The second kappa shape index (κ2) is 5.66. The lowest BCUT2D eigenvalue weighted by Gasteiger charge is -2.08. The van der Waals surface area contributed by atoms with Crippen molar-refractivity contribution >= 4 is 27.3 Å². The lowest BCUT2D eigenvalue weighted by molar-refractivity contribution is -0.134. The molecular weight excluding hydrogens is 270 g/mol. The summed E-state index contributed by atoms with van der Waals surface area (Å²) in [6.45, 7) is 4.37. The van der Waals surface area contributed by atoms with Gasteiger partial charge < -0.3 is 10.5 Å². The van der Waals surface area contributed by atoms with E-state index in [1.54, 1.807) is 0 Å². The monoisotopic (exact) mass is 283 g/mol. The lowest BCUT2D eigenvalue weighted by atomic mass is 10.1. The zero-order valence-electron chi connectivity index (χ0n) is 10.3. The highest BCUT2D eigenvalue weighted by molar-refractivity contribution is 7.92. The molecule has 0 unspecified atom stereocenters. The number of nitrogen functional groups attached to an aromatic ring is 1. The summed E-state index contributed by atoms with van der Waals surface area (Å²) < 4.78 is 28.4. The van der Waals surface area contributed by atoms with Gasteiger partial charge >= 0.3 is 5.97 Å². The number of nitrogens with two attached hydrogens (primary N) is 1. The summed E-state index contributed by atoms with van der Waals surface area (Å²) in [5.74, 6) is -2.30. The largest absolute Gasteiger partial charge is 0.434 e. The summed E-state index contributed by atoms with van der Waals surface area (Å²) in [6, 6.07) is 3.80. The SMILES string of the molecule is C=COC(=O)CS(=O)(=O)c1ccc(N)cc1C(C)=O. The van der Waals surface area contributed by atoms with Crippen molar-refractivity contribution in [3.63, 3.8) is 0 Å². The maximum atomic E-state index is 12.0. The van der Waals surface area contributed by atoms with Crippen LogP contribution in [0.1, 0.15) is 17.3 Å². The summed E-state index contributed by atoms with van der Waals surface area (Å²) in [6.07, 6.45) is 0.840. The molecule has 0 atom stereocenters. The van der Waals surface area contributed by atoms with Crippen molar-refractivity contribution in [2.24, 2.45) is 0 Å². The maximum absolute atomic E-state index is 12.0. The average Bonchev–Trinajstić information content (AvgIpc) is 2.27. The van der Waals surface area contributed by atoms with Gasteiger partial charge in [0.15, 0.2) is 21.4 Å². The molecule has 0 aliphatic carbocycles. The minimum Gasteiger partial charge on any atom is -0.434 e. The number of ketones is 1. The quantitative estimate of drug-likeness (QED) is 0.373. The normalized spacial score (nSPS) is 10.8. The Bertz CT molecular complexity index is 634. The van der Waals surface area contributed by atoms with Gasteiger partial charge in [-0.2, -0.15) is 0 Å². The molecule has 0 bridgehead atoms. The van der Waals surface area contributed by atoms with Gasteiger partial charge in [0.1, 0.15) is 0 Å². The molecule has 1 rings (SSSR count). The molecule has 0 aliphatic rings. The molecule has 0 radical (unpaired) electrons. The first-order valence-corrected chi connectivity index (χ1v) is 6.86. The molecule has 0 spiro atoms. The Morgan fingerprint density at radius 2 is 2.05 bits per heavy atom. The van der Waals surface area contributed by atoms with Gasteiger partial charge in [-0.3, -0.25) is 9.59 Å². The lowest BCUT2D eigenvalue weighted by Crippen LogP contribution is -2.19. The van der Waals surface area contributed by atoms with Crippen molar-refractivity contribution in [3.8, 4) is 0 Å². The molecule has 1 aromatic rings. The van der Waals surface area contributed by atoms with E-state index in [0.717, 1.165) is 6.26 Å². The van der Waals surface area contributed by atoms with Crippen molar-refractivity contribution in [1.29, 1.82) is 0 Å². The zero-order chi connectivity index (χ0) is 14.6. The minimum atomic E-state index is -3.97. The van der Waals surface area contributed by atoms with Crippen LogP contribution in [0.2, 0.25) is 0 Å². The average molecular weight is 283 g/mol. The highest BCUT2D eigenvalue weighted by atomic mass is 32.2. The van der Waals surface area contributed by atoms with Gasteiger partial charge in [0.05, 0.1) is 11.2 Å². The van der Waals surface area contributed by atoms with Crippen molar-refractivity contribution in [2.45, 2.75) is 11.8 Å². The van der Waals surface area contributed by atoms with E-state index in [9.17, 15) is 18.0 Å². The summed E-state index contributed by atoms with van der Waals surface area (Å²) in [4.78, 5) is 22.4. The molecule has 6 nitrogen and oxygen atoms in total. The molecule has 0 aliphatic heterocycles. The Morgan fingerprint density at radius 1 is 1.42 bits per heavy atom. The summed E-state index contributed by atoms with van der Waals surface area (Å²) in [5.41, 5.74) is 5.72.